The lowest BCUT2D eigenvalue weighted by atomic mass is 9.97. The molecule has 1 aliphatic heterocycles. The highest BCUT2D eigenvalue weighted by Crippen LogP contribution is 2.38. The molecule has 1 aromatic rings. The standard InChI is InChI=1S/C23H33ClN2O3/c1-4-6-13-25(14-7-5-2)15-8-16-26-21(18-9-11-19(24)12-10-18)20(17(3)27)22(28)23(26)29/h9-12,21,28H,4-8,13-16H2,1-3H3/t21-/m0/s1. The average molecular weight is 421 g/mol. The second-order valence-corrected chi connectivity index (χ2v) is 8.11. The summed E-state index contributed by atoms with van der Waals surface area (Å²) in [5.41, 5.74) is 0.956. The number of ketones is 1. The van der Waals surface area contributed by atoms with Crippen molar-refractivity contribution in [1.82, 2.24) is 9.80 Å². The number of unbranched alkanes of at least 4 members (excludes halogenated alkanes) is 2. The summed E-state index contributed by atoms with van der Waals surface area (Å²) in [4.78, 5) is 29.0. The zero-order valence-electron chi connectivity index (χ0n) is 17.8. The van der Waals surface area contributed by atoms with Crippen molar-refractivity contribution in [3.05, 3.63) is 46.2 Å². The molecule has 160 valence electrons. The topological polar surface area (TPSA) is 60.9 Å². The lowest BCUT2D eigenvalue weighted by Gasteiger charge is -2.28. The number of hydrogen-bond acceptors (Lipinski definition) is 4. The van der Waals surface area contributed by atoms with Gasteiger partial charge in [-0.2, -0.15) is 0 Å². The predicted octanol–water partition coefficient (Wildman–Crippen LogP) is 4.92. The van der Waals surface area contributed by atoms with E-state index in [1.807, 2.05) is 12.1 Å². The molecular formula is C23H33ClN2O3. The third kappa shape index (κ3) is 6.06. The lowest BCUT2D eigenvalue weighted by molar-refractivity contribution is -0.129. The molecular weight excluding hydrogens is 388 g/mol. The average Bonchev–Trinajstić information content (AvgIpc) is 2.95. The number of aliphatic hydroxyl groups is 1. The molecule has 0 spiro atoms. The number of amides is 1. The highest BCUT2D eigenvalue weighted by Gasteiger charge is 2.41. The maximum atomic E-state index is 12.7. The summed E-state index contributed by atoms with van der Waals surface area (Å²) < 4.78 is 0. The number of nitrogens with zero attached hydrogens (tertiary/aromatic N) is 2. The molecule has 0 saturated heterocycles. The molecule has 0 aliphatic carbocycles. The van der Waals surface area contributed by atoms with Crippen LogP contribution in [0.3, 0.4) is 0 Å². The number of carbonyl (C=O) groups excluding carboxylic acids is 2. The summed E-state index contributed by atoms with van der Waals surface area (Å²) >= 11 is 6.00. The quantitative estimate of drug-likeness (QED) is 0.521. The molecule has 1 N–H and O–H groups in total. The van der Waals surface area contributed by atoms with Crippen molar-refractivity contribution in [2.45, 2.75) is 58.9 Å². The Balaban J connectivity index is 2.13. The molecule has 1 heterocycles. The monoisotopic (exact) mass is 420 g/mol. The SMILES string of the molecule is CCCCN(CCCC)CCCN1C(=O)C(O)=C(C(C)=O)[C@@H]1c1ccc(Cl)cc1. The van der Waals surface area contributed by atoms with Crippen molar-refractivity contribution in [2.75, 3.05) is 26.2 Å². The molecule has 0 fully saturated rings. The van der Waals surface area contributed by atoms with Gasteiger partial charge in [0.25, 0.3) is 5.91 Å². The van der Waals surface area contributed by atoms with Gasteiger partial charge in [-0.25, -0.2) is 0 Å². The Hall–Kier alpha value is -1.85. The van der Waals surface area contributed by atoms with Crippen LogP contribution >= 0.6 is 11.6 Å². The van der Waals surface area contributed by atoms with Crippen LogP contribution in [-0.2, 0) is 9.59 Å². The number of rotatable bonds is 12. The molecule has 6 heteroatoms. The summed E-state index contributed by atoms with van der Waals surface area (Å²) in [6.45, 7) is 9.28. The van der Waals surface area contributed by atoms with Gasteiger partial charge in [0, 0.05) is 11.6 Å². The van der Waals surface area contributed by atoms with Crippen LogP contribution in [-0.4, -0.2) is 52.8 Å². The molecule has 0 saturated carbocycles. The van der Waals surface area contributed by atoms with Gasteiger partial charge in [-0.1, -0.05) is 50.4 Å². The van der Waals surface area contributed by atoms with Crippen LogP contribution in [0.2, 0.25) is 5.02 Å². The van der Waals surface area contributed by atoms with Crippen LogP contribution in [0.5, 0.6) is 0 Å². The molecule has 5 nitrogen and oxygen atoms in total. The Kier molecular flexibility index (Phi) is 9.18. The fraction of sp³-hybridized carbons (Fsp3) is 0.565. The molecule has 0 bridgehead atoms. The first-order valence-corrected chi connectivity index (χ1v) is 11.0. The van der Waals surface area contributed by atoms with E-state index in [-0.39, 0.29) is 11.4 Å². The van der Waals surface area contributed by atoms with E-state index in [1.165, 1.54) is 6.92 Å². The fourth-order valence-corrected chi connectivity index (χ4v) is 3.92. The molecule has 0 unspecified atom stereocenters. The second kappa shape index (κ2) is 11.4. The Morgan fingerprint density at radius 1 is 1.07 bits per heavy atom. The van der Waals surface area contributed by atoms with Crippen molar-refractivity contribution in [3.63, 3.8) is 0 Å². The number of Topliss-reactive ketones (excluding diaryl/α,β-unsaturated/α-hetero) is 1. The van der Waals surface area contributed by atoms with E-state index in [0.717, 1.165) is 57.3 Å². The summed E-state index contributed by atoms with van der Waals surface area (Å²) in [7, 11) is 0. The summed E-state index contributed by atoms with van der Waals surface area (Å²) in [5.74, 6) is -1.18. The lowest BCUT2D eigenvalue weighted by Crippen LogP contribution is -2.35. The van der Waals surface area contributed by atoms with Crippen LogP contribution < -0.4 is 0 Å². The van der Waals surface area contributed by atoms with Crippen molar-refractivity contribution in [1.29, 1.82) is 0 Å². The highest BCUT2D eigenvalue weighted by atomic mass is 35.5. The maximum Gasteiger partial charge on any atom is 0.290 e. The van der Waals surface area contributed by atoms with Gasteiger partial charge < -0.3 is 14.9 Å². The van der Waals surface area contributed by atoms with Crippen LogP contribution in [0, 0.1) is 0 Å². The van der Waals surface area contributed by atoms with Gasteiger partial charge in [-0.15, -0.1) is 0 Å². The van der Waals surface area contributed by atoms with Crippen molar-refractivity contribution in [2.24, 2.45) is 0 Å². The highest BCUT2D eigenvalue weighted by molar-refractivity contribution is 6.30. The second-order valence-electron chi connectivity index (χ2n) is 7.67. The molecule has 2 rings (SSSR count). The molecule has 29 heavy (non-hydrogen) atoms. The van der Waals surface area contributed by atoms with E-state index in [2.05, 4.69) is 18.7 Å². The third-order valence-corrected chi connectivity index (χ3v) is 5.65. The molecule has 1 aliphatic rings. The van der Waals surface area contributed by atoms with Crippen LogP contribution in [0.4, 0.5) is 0 Å². The predicted molar refractivity (Wildman–Crippen MR) is 117 cm³/mol. The van der Waals surface area contributed by atoms with E-state index in [0.29, 0.717) is 11.6 Å². The zero-order valence-corrected chi connectivity index (χ0v) is 18.5. The van der Waals surface area contributed by atoms with Crippen molar-refractivity contribution < 1.29 is 14.7 Å². The molecule has 1 aromatic carbocycles. The molecule has 1 amide bonds. The van der Waals surface area contributed by atoms with Crippen LogP contribution in [0.1, 0.15) is 64.5 Å². The van der Waals surface area contributed by atoms with E-state index >= 15 is 0 Å². The Morgan fingerprint density at radius 3 is 2.14 bits per heavy atom. The van der Waals surface area contributed by atoms with Crippen molar-refractivity contribution >= 4 is 23.3 Å². The van der Waals surface area contributed by atoms with Crippen molar-refractivity contribution in [3.8, 4) is 0 Å². The fourth-order valence-electron chi connectivity index (χ4n) is 3.80. The minimum absolute atomic E-state index is 0.172. The van der Waals surface area contributed by atoms with Gasteiger partial charge in [-0.3, -0.25) is 9.59 Å². The zero-order chi connectivity index (χ0) is 21.4. The smallest absolute Gasteiger partial charge is 0.290 e. The summed E-state index contributed by atoms with van der Waals surface area (Å²) in [5, 5.41) is 10.9. The van der Waals surface area contributed by atoms with Gasteiger partial charge in [0.05, 0.1) is 11.6 Å². The Bertz CT molecular complexity index is 722. The Labute approximate surface area is 179 Å². The molecule has 1 atom stereocenters. The normalized spacial score (nSPS) is 16.9. The minimum Gasteiger partial charge on any atom is -0.503 e. The first-order valence-electron chi connectivity index (χ1n) is 10.6. The number of benzene rings is 1. The number of hydrogen-bond donors (Lipinski definition) is 1. The number of carbonyl (C=O) groups is 2. The summed E-state index contributed by atoms with van der Waals surface area (Å²) in [6.07, 6.45) is 5.44. The van der Waals surface area contributed by atoms with E-state index in [4.69, 9.17) is 11.6 Å². The number of aliphatic hydroxyl groups excluding tert-OH is 1. The maximum absolute atomic E-state index is 12.7. The third-order valence-electron chi connectivity index (χ3n) is 5.40. The molecule has 0 radical (unpaired) electrons. The first-order chi connectivity index (χ1) is 13.9. The number of halogens is 1. The van der Waals surface area contributed by atoms with E-state index in [9.17, 15) is 14.7 Å². The van der Waals surface area contributed by atoms with E-state index < -0.39 is 17.7 Å². The van der Waals surface area contributed by atoms with Gasteiger partial charge >= 0.3 is 0 Å². The van der Waals surface area contributed by atoms with Gasteiger partial charge in [0.2, 0.25) is 0 Å². The largest absolute Gasteiger partial charge is 0.503 e. The minimum atomic E-state index is -0.558. The van der Waals surface area contributed by atoms with Gasteiger partial charge in [0.15, 0.2) is 11.5 Å². The van der Waals surface area contributed by atoms with Gasteiger partial charge in [-0.05, 0) is 63.5 Å². The first kappa shape index (κ1) is 23.4. The van der Waals surface area contributed by atoms with Crippen LogP contribution in [0.25, 0.3) is 0 Å². The van der Waals surface area contributed by atoms with Gasteiger partial charge in [0.1, 0.15) is 0 Å². The van der Waals surface area contributed by atoms with E-state index in [1.54, 1.807) is 17.0 Å². The summed E-state index contributed by atoms with van der Waals surface area (Å²) in [6, 6.07) is 6.54. The van der Waals surface area contributed by atoms with Crippen LogP contribution in [0.15, 0.2) is 35.6 Å². The Morgan fingerprint density at radius 2 is 1.62 bits per heavy atom. The molecule has 0 aromatic heterocycles.